The molecule has 39 heavy (non-hydrogen) atoms. The number of ketones is 1. The fraction of sp³-hybridized carbons (Fsp3) is 0.231. The first-order valence-corrected chi connectivity index (χ1v) is 14.3. The molecule has 204 valence electrons. The van der Waals surface area contributed by atoms with Crippen LogP contribution in [0.2, 0.25) is 0 Å². The molecular weight excluding hydrogens is 708 g/mol. The number of imide groups is 1. The van der Waals surface area contributed by atoms with E-state index in [9.17, 15) is 23.6 Å². The number of carbonyl (C=O) groups excluding carboxylic acids is 4. The van der Waals surface area contributed by atoms with Crippen molar-refractivity contribution in [2.75, 3.05) is 25.1 Å². The molecule has 0 radical (unpaired) electrons. The molecular formula is C26H22BrFIN3O6S. The third-order valence-electron chi connectivity index (χ3n) is 5.85. The summed E-state index contributed by atoms with van der Waals surface area (Å²) in [6.07, 6.45) is 0.231. The molecule has 1 aliphatic rings. The Hall–Kier alpha value is -2.88. The van der Waals surface area contributed by atoms with E-state index in [1.165, 1.54) is 23.5 Å². The van der Waals surface area contributed by atoms with Crippen molar-refractivity contribution in [2.45, 2.75) is 12.5 Å². The molecule has 9 nitrogen and oxygen atoms in total. The van der Waals surface area contributed by atoms with Crippen molar-refractivity contribution in [3.63, 3.8) is 0 Å². The van der Waals surface area contributed by atoms with Crippen LogP contribution in [0.1, 0.15) is 16.5 Å². The second-order valence-electron chi connectivity index (χ2n) is 8.61. The summed E-state index contributed by atoms with van der Waals surface area (Å²) in [6.45, 7) is -1.13. The number of rotatable bonds is 11. The maximum atomic E-state index is 14.4. The van der Waals surface area contributed by atoms with Crippen LogP contribution in [0.5, 0.6) is 5.75 Å². The average molecular weight is 730 g/mol. The molecule has 1 unspecified atom stereocenters. The summed E-state index contributed by atoms with van der Waals surface area (Å²) in [4.78, 5) is 52.4. The molecule has 1 aliphatic heterocycles. The smallest absolute Gasteiger partial charge is 0.325 e. The summed E-state index contributed by atoms with van der Waals surface area (Å²) in [5.74, 6) is -2.61. The molecule has 0 spiro atoms. The maximum Gasteiger partial charge on any atom is 0.325 e. The number of thiophene rings is 1. The van der Waals surface area contributed by atoms with Gasteiger partial charge in [0.2, 0.25) is 5.91 Å². The molecule has 1 saturated heterocycles. The highest BCUT2D eigenvalue weighted by Gasteiger charge is 2.41. The third kappa shape index (κ3) is 7.41. The van der Waals surface area contributed by atoms with E-state index in [0.29, 0.717) is 14.9 Å². The molecule has 0 bridgehead atoms. The number of halogens is 3. The molecule has 3 aromatic rings. The minimum Gasteiger partial charge on any atom is -0.486 e. The Bertz CT molecular complexity index is 1400. The Balaban J connectivity index is 1.49. The fourth-order valence-corrected chi connectivity index (χ4v) is 5.89. The number of nitrogens with zero attached hydrogens (tertiary/aromatic N) is 1. The van der Waals surface area contributed by atoms with Gasteiger partial charge < -0.3 is 20.5 Å². The highest BCUT2D eigenvalue weighted by atomic mass is 127. The van der Waals surface area contributed by atoms with Crippen molar-refractivity contribution >= 4 is 79.2 Å². The summed E-state index contributed by atoms with van der Waals surface area (Å²) in [7, 11) is 0. The van der Waals surface area contributed by atoms with Crippen molar-refractivity contribution in [3.05, 3.63) is 78.2 Å². The van der Waals surface area contributed by atoms with Crippen molar-refractivity contribution in [1.29, 1.82) is 0 Å². The number of benzene rings is 2. The predicted molar refractivity (Wildman–Crippen MR) is 154 cm³/mol. The van der Waals surface area contributed by atoms with Gasteiger partial charge in [0.1, 0.15) is 30.8 Å². The molecule has 0 saturated carbocycles. The van der Waals surface area contributed by atoms with Crippen molar-refractivity contribution in [3.8, 4) is 5.75 Å². The zero-order valence-corrected chi connectivity index (χ0v) is 24.7. The molecule has 4 amide bonds. The Morgan fingerprint density at radius 3 is 2.56 bits per heavy atom. The van der Waals surface area contributed by atoms with Crippen LogP contribution in [0.25, 0.3) is 0 Å². The first-order valence-electron chi connectivity index (χ1n) is 11.6. The molecule has 2 atom stereocenters. The first-order chi connectivity index (χ1) is 18.6. The van der Waals surface area contributed by atoms with Crippen LogP contribution < -0.4 is 15.4 Å². The van der Waals surface area contributed by atoms with Crippen LogP contribution in [-0.4, -0.2) is 53.4 Å². The lowest BCUT2D eigenvalue weighted by molar-refractivity contribution is -0.129. The normalized spacial score (nSPS) is 15.7. The van der Waals surface area contributed by atoms with Gasteiger partial charge in [-0.3, -0.25) is 19.3 Å². The van der Waals surface area contributed by atoms with Gasteiger partial charge in [0.15, 0.2) is 5.78 Å². The van der Waals surface area contributed by atoms with Crippen LogP contribution in [0, 0.1) is 15.3 Å². The van der Waals surface area contributed by atoms with Gasteiger partial charge >= 0.3 is 6.03 Å². The highest BCUT2D eigenvalue weighted by Crippen LogP contribution is 2.29. The number of urea groups is 1. The molecule has 1 aromatic heterocycles. The van der Waals surface area contributed by atoms with E-state index in [4.69, 9.17) is 9.84 Å². The SMILES string of the molecule is O=C(CO)COc1ccc([C@H]2NC(=O)N(CC(Cc3ccc(Br)s3)C(=O)Nc3ccc(I)cc3F)C2=O)cc1. The lowest BCUT2D eigenvalue weighted by Crippen LogP contribution is -2.40. The molecule has 2 aromatic carbocycles. The second kappa shape index (κ2) is 13.0. The summed E-state index contributed by atoms with van der Waals surface area (Å²) in [5, 5.41) is 14.0. The number of carbonyl (C=O) groups is 4. The lowest BCUT2D eigenvalue weighted by atomic mass is 10.0. The van der Waals surface area contributed by atoms with Crippen LogP contribution in [0.4, 0.5) is 14.9 Å². The minimum absolute atomic E-state index is 0.0100. The Morgan fingerprint density at radius 1 is 1.18 bits per heavy atom. The van der Waals surface area contributed by atoms with Gasteiger partial charge in [-0.05, 0) is 93.0 Å². The third-order valence-corrected chi connectivity index (χ3v) is 8.17. The monoisotopic (exact) mass is 729 g/mol. The van der Waals surface area contributed by atoms with E-state index >= 15 is 0 Å². The molecule has 3 N–H and O–H groups in total. The highest BCUT2D eigenvalue weighted by molar-refractivity contribution is 14.1. The van der Waals surface area contributed by atoms with Crippen molar-refractivity contribution in [2.24, 2.45) is 5.92 Å². The molecule has 13 heteroatoms. The molecule has 4 rings (SSSR count). The number of amides is 4. The number of hydrogen-bond acceptors (Lipinski definition) is 7. The largest absolute Gasteiger partial charge is 0.486 e. The van der Waals surface area contributed by atoms with Gasteiger partial charge in [-0.2, -0.15) is 0 Å². The van der Waals surface area contributed by atoms with Gasteiger partial charge in [-0.15, -0.1) is 11.3 Å². The van der Waals surface area contributed by atoms with E-state index in [-0.39, 0.29) is 25.3 Å². The summed E-state index contributed by atoms with van der Waals surface area (Å²) in [6, 6.07) is 12.7. The van der Waals surface area contributed by atoms with E-state index < -0.39 is 48.0 Å². The first kappa shape index (κ1) is 29.1. The van der Waals surface area contributed by atoms with Gasteiger partial charge in [0, 0.05) is 15.0 Å². The summed E-state index contributed by atoms with van der Waals surface area (Å²) < 4.78 is 21.2. The van der Waals surface area contributed by atoms with Crippen molar-refractivity contribution < 1.29 is 33.4 Å². The topological polar surface area (TPSA) is 125 Å². The van der Waals surface area contributed by atoms with Crippen LogP contribution in [-0.2, 0) is 20.8 Å². The standard InChI is InChI=1S/C26H22BrFIN3O6S/c27-22-8-6-19(39-22)9-15(24(35)30-21-7-3-16(29)10-20(21)28)11-32-25(36)23(31-26(32)37)14-1-4-18(5-2-14)38-13-17(34)12-33/h1-8,10,15,23,33H,9,11-13H2,(H,30,35)(H,31,37)/t15?,23-/m1/s1. The molecule has 1 fully saturated rings. The number of nitrogens with one attached hydrogen (secondary N) is 2. The zero-order chi connectivity index (χ0) is 28.1. The van der Waals surface area contributed by atoms with Gasteiger partial charge in [0.05, 0.1) is 15.4 Å². The average Bonchev–Trinajstić information content (AvgIpc) is 3.45. The maximum absolute atomic E-state index is 14.4. The molecule has 0 aliphatic carbocycles. The zero-order valence-electron chi connectivity index (χ0n) is 20.2. The van der Waals surface area contributed by atoms with Gasteiger partial charge in [0.25, 0.3) is 5.91 Å². The summed E-state index contributed by atoms with van der Waals surface area (Å²) in [5.41, 5.74) is 0.497. The van der Waals surface area contributed by atoms with Crippen LogP contribution >= 0.6 is 49.9 Å². The number of hydrogen-bond donors (Lipinski definition) is 3. The number of aliphatic hydroxyl groups excluding tert-OH is 1. The Labute approximate surface area is 249 Å². The minimum atomic E-state index is -0.973. The fourth-order valence-electron chi connectivity index (χ4n) is 3.87. The van der Waals surface area contributed by atoms with E-state index in [2.05, 4.69) is 26.6 Å². The van der Waals surface area contributed by atoms with Crippen molar-refractivity contribution in [1.82, 2.24) is 10.2 Å². The number of anilines is 1. The quantitative estimate of drug-likeness (QED) is 0.200. The number of Topliss-reactive ketones (excluding diaryl/α,β-unsaturated/α-hetero) is 1. The van der Waals surface area contributed by atoms with E-state index in [0.717, 1.165) is 13.6 Å². The number of aliphatic hydroxyl groups is 1. The van der Waals surface area contributed by atoms with Gasteiger partial charge in [-0.25, -0.2) is 9.18 Å². The number of ether oxygens (including phenoxy) is 1. The Morgan fingerprint density at radius 2 is 1.92 bits per heavy atom. The Kier molecular flexibility index (Phi) is 9.69. The second-order valence-corrected chi connectivity index (χ2v) is 12.4. The van der Waals surface area contributed by atoms with Crippen LogP contribution in [0.15, 0.2) is 58.4 Å². The van der Waals surface area contributed by atoms with Crippen LogP contribution in [0.3, 0.4) is 0 Å². The van der Waals surface area contributed by atoms with E-state index in [1.807, 2.05) is 34.7 Å². The predicted octanol–water partition coefficient (Wildman–Crippen LogP) is 4.29. The molecule has 2 heterocycles. The lowest BCUT2D eigenvalue weighted by Gasteiger charge is -2.21. The van der Waals surface area contributed by atoms with E-state index in [1.54, 1.807) is 30.3 Å². The van der Waals surface area contributed by atoms with Gasteiger partial charge in [-0.1, -0.05) is 12.1 Å². The summed E-state index contributed by atoms with van der Waals surface area (Å²) >= 11 is 6.79.